The molecule has 2 amide bonds. The first-order valence-corrected chi connectivity index (χ1v) is 14.5. The van der Waals surface area contributed by atoms with Crippen LogP contribution in [0.3, 0.4) is 0 Å². The number of hydrogen-bond donors (Lipinski definition) is 2. The van der Waals surface area contributed by atoms with Crippen LogP contribution in [0.2, 0.25) is 0 Å². The van der Waals surface area contributed by atoms with Crippen molar-refractivity contribution in [2.24, 2.45) is 0 Å². The van der Waals surface area contributed by atoms with Crippen molar-refractivity contribution in [3.8, 4) is 0 Å². The number of benzene rings is 2. The fourth-order valence-corrected chi connectivity index (χ4v) is 6.03. The Labute approximate surface area is 251 Å². The number of unbranched alkanes of at least 4 members (excludes halogenated alkanes) is 3. The van der Waals surface area contributed by atoms with Gasteiger partial charge in [-0.15, -0.1) is 0 Å². The molecule has 2 aliphatic rings. The molecule has 0 saturated heterocycles. The van der Waals surface area contributed by atoms with Gasteiger partial charge in [-0.3, -0.25) is 9.59 Å². The van der Waals surface area contributed by atoms with Crippen LogP contribution in [0.4, 0.5) is 26.3 Å². The monoisotopic (exact) mass is 624 g/mol. The lowest BCUT2D eigenvalue weighted by molar-refractivity contribution is -0.138. The summed E-state index contributed by atoms with van der Waals surface area (Å²) in [4.78, 5) is 28.7. The number of alkyl halides is 6. The molecule has 0 aromatic heterocycles. The van der Waals surface area contributed by atoms with Gasteiger partial charge in [-0.05, 0) is 61.1 Å². The second-order valence-corrected chi connectivity index (χ2v) is 10.9. The van der Waals surface area contributed by atoms with Gasteiger partial charge < -0.3 is 20.0 Å². The molecule has 2 atom stereocenters. The lowest BCUT2D eigenvalue weighted by Crippen LogP contribution is -2.36. The van der Waals surface area contributed by atoms with Gasteiger partial charge in [-0.1, -0.05) is 51.0 Å². The second-order valence-electron chi connectivity index (χ2n) is 10.9. The van der Waals surface area contributed by atoms with E-state index in [4.69, 9.17) is 0 Å². The average molecular weight is 625 g/mol. The number of carbonyl (C=O) groups excluding carboxylic acids is 2. The van der Waals surface area contributed by atoms with Gasteiger partial charge in [-0.25, -0.2) is 0 Å². The predicted molar refractivity (Wildman–Crippen MR) is 152 cm³/mol. The lowest BCUT2D eigenvalue weighted by Gasteiger charge is -2.27. The maximum absolute atomic E-state index is 13.0. The molecular formula is C32H34F6N2O4. The minimum atomic E-state index is -4.50. The maximum atomic E-state index is 13.0. The number of nitrogens with zero attached hydrogens (tertiary/aromatic N) is 2. The zero-order valence-electron chi connectivity index (χ0n) is 24.3. The summed E-state index contributed by atoms with van der Waals surface area (Å²) < 4.78 is 77.8. The second kappa shape index (κ2) is 13.0. The number of aliphatic hydroxyl groups is 2. The third-order valence-corrected chi connectivity index (χ3v) is 8.22. The maximum Gasteiger partial charge on any atom is 0.416 e. The van der Waals surface area contributed by atoms with Gasteiger partial charge in [0.1, 0.15) is 0 Å². The Morgan fingerprint density at radius 1 is 0.591 bits per heavy atom. The van der Waals surface area contributed by atoms with Gasteiger partial charge in [0.05, 0.1) is 23.2 Å². The van der Waals surface area contributed by atoms with E-state index in [-0.39, 0.29) is 0 Å². The fraction of sp³-hybridized carbons (Fsp3) is 0.438. The number of rotatable bonds is 11. The Kier molecular flexibility index (Phi) is 9.70. The molecular weight excluding hydrogens is 590 g/mol. The molecule has 2 unspecified atom stereocenters. The molecule has 2 heterocycles. The Hall–Kier alpha value is -3.96. The highest BCUT2D eigenvalue weighted by molar-refractivity contribution is 6.05. The SMILES string of the molecule is CCC1C(c2ccc(C(F)(F)F)cc2)=C(O)C(=O)N1CCCCCCN1C(=O)C(O)=C(c2ccc(C(F)(F)F)cc2)C1CC. The van der Waals surface area contributed by atoms with Gasteiger partial charge in [0.15, 0.2) is 11.5 Å². The van der Waals surface area contributed by atoms with E-state index in [0.29, 0.717) is 73.9 Å². The number of aliphatic hydroxyl groups excluding tert-OH is 2. The quantitative estimate of drug-likeness (QED) is 0.198. The highest BCUT2D eigenvalue weighted by Crippen LogP contribution is 2.38. The van der Waals surface area contributed by atoms with Crippen molar-refractivity contribution < 1.29 is 46.1 Å². The zero-order valence-corrected chi connectivity index (χ0v) is 24.3. The highest BCUT2D eigenvalue weighted by Gasteiger charge is 2.40. The van der Waals surface area contributed by atoms with E-state index in [1.165, 1.54) is 34.1 Å². The predicted octanol–water partition coefficient (Wildman–Crippen LogP) is 7.76. The standard InChI is InChI=1S/C32H34F6N2O4/c1-3-23-25(19-9-13-21(14-10-19)31(33,34)35)27(41)29(43)39(23)17-7-5-6-8-18-40-24(4-2)26(28(42)30(40)44)20-11-15-22(16-12-20)32(36,37)38/h9-16,23-24,41-42H,3-8,17-18H2,1-2H3. The molecule has 2 aromatic carbocycles. The van der Waals surface area contributed by atoms with Gasteiger partial charge in [0, 0.05) is 24.2 Å². The molecule has 0 spiro atoms. The zero-order chi connectivity index (χ0) is 32.4. The first-order valence-electron chi connectivity index (χ1n) is 14.5. The Bertz CT molecular complexity index is 1320. The molecule has 238 valence electrons. The molecule has 4 rings (SSSR count). The first kappa shape index (κ1) is 32.9. The van der Waals surface area contributed by atoms with Crippen LogP contribution in [0.15, 0.2) is 60.0 Å². The normalized spacial score (nSPS) is 19.6. The van der Waals surface area contributed by atoms with Crippen molar-refractivity contribution in [1.29, 1.82) is 0 Å². The summed E-state index contributed by atoms with van der Waals surface area (Å²) in [5, 5.41) is 21.2. The van der Waals surface area contributed by atoms with Gasteiger partial charge >= 0.3 is 12.4 Å². The Balaban J connectivity index is 1.30. The van der Waals surface area contributed by atoms with Crippen LogP contribution < -0.4 is 0 Å². The van der Waals surface area contributed by atoms with Crippen molar-refractivity contribution in [3.63, 3.8) is 0 Å². The van der Waals surface area contributed by atoms with Gasteiger partial charge in [0.2, 0.25) is 0 Å². The molecule has 2 aromatic rings. The summed E-state index contributed by atoms with van der Waals surface area (Å²) in [6, 6.07) is 7.75. The summed E-state index contributed by atoms with van der Waals surface area (Å²) in [6.07, 6.45) is -5.55. The number of amides is 2. The minimum absolute atomic E-state index is 0.306. The van der Waals surface area contributed by atoms with Crippen LogP contribution in [0, 0.1) is 0 Å². The fourth-order valence-electron chi connectivity index (χ4n) is 6.03. The molecule has 6 nitrogen and oxygen atoms in total. The van der Waals surface area contributed by atoms with Gasteiger partial charge in [0.25, 0.3) is 11.8 Å². The third kappa shape index (κ3) is 6.58. The average Bonchev–Trinajstić information content (AvgIpc) is 3.37. The topological polar surface area (TPSA) is 81.1 Å². The van der Waals surface area contributed by atoms with E-state index in [1.54, 1.807) is 0 Å². The molecule has 0 saturated carbocycles. The molecule has 12 heteroatoms. The van der Waals surface area contributed by atoms with Crippen LogP contribution in [0.25, 0.3) is 11.1 Å². The molecule has 0 radical (unpaired) electrons. The van der Waals surface area contributed by atoms with Gasteiger partial charge in [-0.2, -0.15) is 26.3 Å². The highest BCUT2D eigenvalue weighted by atomic mass is 19.4. The Morgan fingerprint density at radius 2 is 0.909 bits per heavy atom. The van der Waals surface area contributed by atoms with Crippen molar-refractivity contribution in [2.75, 3.05) is 13.1 Å². The summed E-state index contributed by atoms with van der Waals surface area (Å²) in [6.45, 7) is 4.30. The minimum Gasteiger partial charge on any atom is -0.503 e. The van der Waals surface area contributed by atoms with E-state index < -0.39 is 58.9 Å². The molecule has 44 heavy (non-hydrogen) atoms. The molecule has 2 N–H and O–H groups in total. The van der Waals surface area contributed by atoms with Crippen LogP contribution in [-0.2, 0) is 21.9 Å². The van der Waals surface area contributed by atoms with E-state index in [0.717, 1.165) is 24.3 Å². The number of halogens is 6. The van der Waals surface area contributed by atoms with E-state index in [2.05, 4.69) is 0 Å². The van der Waals surface area contributed by atoms with Crippen molar-refractivity contribution in [1.82, 2.24) is 9.80 Å². The number of hydrogen-bond acceptors (Lipinski definition) is 4. The van der Waals surface area contributed by atoms with Crippen LogP contribution in [0.5, 0.6) is 0 Å². The van der Waals surface area contributed by atoms with Crippen LogP contribution in [-0.4, -0.2) is 57.0 Å². The lowest BCUT2D eigenvalue weighted by atomic mass is 9.96. The van der Waals surface area contributed by atoms with Crippen LogP contribution in [0.1, 0.15) is 74.6 Å². The van der Waals surface area contributed by atoms with Crippen molar-refractivity contribution in [3.05, 3.63) is 82.3 Å². The van der Waals surface area contributed by atoms with E-state index >= 15 is 0 Å². The summed E-state index contributed by atoms with van der Waals surface area (Å²) in [5.41, 5.74) is -0.324. The summed E-state index contributed by atoms with van der Waals surface area (Å²) >= 11 is 0. The summed E-state index contributed by atoms with van der Waals surface area (Å²) in [5.74, 6) is -2.08. The molecule has 0 fully saturated rings. The molecule has 2 aliphatic heterocycles. The van der Waals surface area contributed by atoms with Crippen molar-refractivity contribution in [2.45, 2.75) is 76.8 Å². The van der Waals surface area contributed by atoms with E-state index in [1.807, 2.05) is 13.8 Å². The third-order valence-electron chi connectivity index (χ3n) is 8.22. The first-order chi connectivity index (χ1) is 20.7. The summed E-state index contributed by atoms with van der Waals surface area (Å²) in [7, 11) is 0. The van der Waals surface area contributed by atoms with E-state index in [9.17, 15) is 46.1 Å². The Morgan fingerprint density at radius 3 is 1.18 bits per heavy atom. The van der Waals surface area contributed by atoms with Crippen LogP contribution >= 0.6 is 0 Å². The largest absolute Gasteiger partial charge is 0.503 e. The number of carbonyl (C=O) groups is 2. The smallest absolute Gasteiger partial charge is 0.416 e. The van der Waals surface area contributed by atoms with Crippen molar-refractivity contribution >= 4 is 23.0 Å². The molecule has 0 bridgehead atoms. The molecule has 0 aliphatic carbocycles.